The number of aromatic nitrogens is 2. The van der Waals surface area contributed by atoms with Gasteiger partial charge in [-0.15, -0.1) is 0 Å². The van der Waals surface area contributed by atoms with Gasteiger partial charge in [0.05, 0.1) is 12.6 Å². The molecule has 0 unspecified atom stereocenters. The van der Waals surface area contributed by atoms with Crippen LogP contribution >= 0.6 is 0 Å². The molecule has 6 nitrogen and oxygen atoms in total. The third kappa shape index (κ3) is 2.76. The van der Waals surface area contributed by atoms with E-state index in [1.165, 1.54) is 0 Å². The molecule has 132 valence electrons. The van der Waals surface area contributed by atoms with Crippen LogP contribution in [0.25, 0.3) is 11.1 Å². The van der Waals surface area contributed by atoms with Crippen molar-refractivity contribution in [1.29, 1.82) is 0 Å². The number of amides is 1. The van der Waals surface area contributed by atoms with Crippen LogP contribution in [-0.2, 0) is 11.3 Å². The molecule has 1 saturated heterocycles. The fraction of sp³-hybridized carbons (Fsp3) is 0.350. The van der Waals surface area contributed by atoms with Crippen molar-refractivity contribution in [2.75, 3.05) is 0 Å². The SMILES string of the molecule is O=C1C[C@@H](NCc2nc3ccccc3o2)[C@H](c2cccnc2)N1C1CC1. The highest BCUT2D eigenvalue weighted by Gasteiger charge is 2.47. The molecular weight excluding hydrogens is 328 g/mol. The van der Waals surface area contributed by atoms with Crippen LogP contribution < -0.4 is 5.32 Å². The molecule has 1 amide bonds. The summed E-state index contributed by atoms with van der Waals surface area (Å²) >= 11 is 0. The zero-order valence-corrected chi connectivity index (χ0v) is 14.3. The number of pyridine rings is 1. The molecule has 3 heterocycles. The van der Waals surface area contributed by atoms with Gasteiger partial charge in [0.2, 0.25) is 11.8 Å². The zero-order chi connectivity index (χ0) is 17.5. The van der Waals surface area contributed by atoms with Crippen LogP contribution in [0.3, 0.4) is 0 Å². The molecule has 2 aliphatic rings. The summed E-state index contributed by atoms with van der Waals surface area (Å²) in [7, 11) is 0. The Bertz CT molecular complexity index is 902. The molecule has 6 heteroatoms. The van der Waals surface area contributed by atoms with Crippen molar-refractivity contribution in [3.8, 4) is 0 Å². The first-order valence-corrected chi connectivity index (χ1v) is 9.08. The van der Waals surface area contributed by atoms with Crippen LogP contribution in [0.4, 0.5) is 0 Å². The fourth-order valence-corrected chi connectivity index (χ4v) is 3.88. The highest BCUT2D eigenvalue weighted by molar-refractivity contribution is 5.81. The fourth-order valence-electron chi connectivity index (χ4n) is 3.88. The summed E-state index contributed by atoms with van der Waals surface area (Å²) in [4.78, 5) is 23.5. The maximum absolute atomic E-state index is 12.6. The van der Waals surface area contributed by atoms with Crippen molar-refractivity contribution in [3.63, 3.8) is 0 Å². The molecule has 0 spiro atoms. The minimum Gasteiger partial charge on any atom is -0.439 e. The Balaban J connectivity index is 1.38. The lowest BCUT2D eigenvalue weighted by atomic mass is 10.0. The number of likely N-dealkylation sites (tertiary alicyclic amines) is 1. The van der Waals surface area contributed by atoms with Gasteiger partial charge in [-0.2, -0.15) is 0 Å². The van der Waals surface area contributed by atoms with Gasteiger partial charge in [0.15, 0.2) is 5.58 Å². The molecule has 5 rings (SSSR count). The number of fused-ring (bicyclic) bond motifs is 1. The number of nitrogens with one attached hydrogen (secondary N) is 1. The van der Waals surface area contributed by atoms with Crippen LogP contribution in [0, 0.1) is 0 Å². The summed E-state index contributed by atoms with van der Waals surface area (Å²) in [5.74, 6) is 0.866. The third-order valence-electron chi connectivity index (χ3n) is 5.18. The number of hydrogen-bond acceptors (Lipinski definition) is 5. The van der Waals surface area contributed by atoms with Crippen LogP contribution in [0.15, 0.2) is 53.2 Å². The summed E-state index contributed by atoms with van der Waals surface area (Å²) in [6.45, 7) is 0.502. The van der Waals surface area contributed by atoms with E-state index in [0.29, 0.717) is 24.9 Å². The van der Waals surface area contributed by atoms with E-state index in [4.69, 9.17) is 4.42 Å². The average Bonchev–Trinajstić information content (AvgIpc) is 3.32. The molecule has 2 fully saturated rings. The van der Waals surface area contributed by atoms with Crippen molar-refractivity contribution in [2.24, 2.45) is 0 Å². The van der Waals surface area contributed by atoms with Crippen molar-refractivity contribution in [3.05, 3.63) is 60.2 Å². The van der Waals surface area contributed by atoms with E-state index in [1.807, 2.05) is 36.5 Å². The molecule has 2 aromatic heterocycles. The van der Waals surface area contributed by atoms with Gasteiger partial charge in [0, 0.05) is 30.9 Å². The van der Waals surface area contributed by atoms with E-state index >= 15 is 0 Å². The van der Waals surface area contributed by atoms with Crippen LogP contribution in [0.2, 0.25) is 0 Å². The first-order chi connectivity index (χ1) is 12.8. The number of nitrogens with zero attached hydrogens (tertiary/aromatic N) is 3. The third-order valence-corrected chi connectivity index (χ3v) is 5.18. The van der Waals surface area contributed by atoms with Crippen molar-refractivity contribution >= 4 is 17.0 Å². The Morgan fingerprint density at radius 1 is 1.19 bits per heavy atom. The van der Waals surface area contributed by atoms with Gasteiger partial charge in [0.1, 0.15) is 5.52 Å². The Kier molecular flexibility index (Phi) is 3.71. The highest BCUT2D eigenvalue weighted by Crippen LogP contribution is 2.41. The van der Waals surface area contributed by atoms with Gasteiger partial charge in [-0.1, -0.05) is 18.2 Å². The molecule has 2 atom stereocenters. The van der Waals surface area contributed by atoms with E-state index in [0.717, 1.165) is 29.5 Å². The van der Waals surface area contributed by atoms with Crippen molar-refractivity contribution in [1.82, 2.24) is 20.2 Å². The quantitative estimate of drug-likeness (QED) is 0.768. The second-order valence-electron chi connectivity index (χ2n) is 7.03. The lowest BCUT2D eigenvalue weighted by molar-refractivity contribution is -0.129. The molecule has 1 saturated carbocycles. The van der Waals surface area contributed by atoms with Gasteiger partial charge in [-0.25, -0.2) is 4.98 Å². The van der Waals surface area contributed by atoms with Crippen molar-refractivity contribution < 1.29 is 9.21 Å². The summed E-state index contributed by atoms with van der Waals surface area (Å²) < 4.78 is 5.80. The van der Waals surface area contributed by atoms with E-state index in [1.54, 1.807) is 6.20 Å². The number of carbonyl (C=O) groups is 1. The summed E-state index contributed by atoms with van der Waals surface area (Å²) in [5.41, 5.74) is 2.73. The molecule has 1 N–H and O–H groups in total. The molecule has 1 aromatic carbocycles. The second kappa shape index (κ2) is 6.21. The summed E-state index contributed by atoms with van der Waals surface area (Å²) in [5, 5.41) is 3.50. The monoisotopic (exact) mass is 348 g/mol. The van der Waals surface area contributed by atoms with Gasteiger partial charge in [0.25, 0.3) is 0 Å². The second-order valence-corrected chi connectivity index (χ2v) is 7.03. The van der Waals surface area contributed by atoms with Gasteiger partial charge in [-0.05, 0) is 36.6 Å². The average molecular weight is 348 g/mol. The van der Waals surface area contributed by atoms with Gasteiger partial charge in [-0.3, -0.25) is 9.78 Å². The van der Waals surface area contributed by atoms with Gasteiger partial charge >= 0.3 is 0 Å². The molecule has 0 radical (unpaired) electrons. The number of benzene rings is 1. The van der Waals surface area contributed by atoms with E-state index in [-0.39, 0.29) is 18.0 Å². The standard InChI is InChI=1S/C20H20N4O2/c25-19-10-16(22-12-18-23-15-5-1-2-6-17(15)26-18)20(24(19)14-7-8-14)13-4-3-9-21-11-13/h1-6,9,11,14,16,20,22H,7-8,10,12H2/t16-,20+/m1/s1. The number of rotatable bonds is 5. The minimum atomic E-state index is 0.0214. The van der Waals surface area contributed by atoms with Crippen LogP contribution in [0.1, 0.15) is 36.8 Å². The molecule has 0 bridgehead atoms. The minimum absolute atomic E-state index is 0.0214. The zero-order valence-electron chi connectivity index (χ0n) is 14.3. The Morgan fingerprint density at radius 2 is 2.08 bits per heavy atom. The summed E-state index contributed by atoms with van der Waals surface area (Å²) in [6.07, 6.45) is 6.33. The van der Waals surface area contributed by atoms with Crippen LogP contribution in [-0.4, -0.2) is 32.9 Å². The predicted molar refractivity (Wildman–Crippen MR) is 96.1 cm³/mol. The number of oxazole rings is 1. The molecule has 1 aliphatic carbocycles. The number of carbonyl (C=O) groups excluding carboxylic acids is 1. The topological polar surface area (TPSA) is 71.3 Å². The number of para-hydroxylation sites is 2. The Morgan fingerprint density at radius 3 is 2.85 bits per heavy atom. The maximum atomic E-state index is 12.6. The molecular formula is C20H20N4O2. The molecule has 3 aromatic rings. The normalized spacial score (nSPS) is 23.1. The maximum Gasteiger partial charge on any atom is 0.225 e. The lowest BCUT2D eigenvalue weighted by Crippen LogP contribution is -2.37. The summed E-state index contributed by atoms with van der Waals surface area (Å²) in [6, 6.07) is 12.2. The molecule has 1 aliphatic heterocycles. The van der Waals surface area contributed by atoms with Crippen molar-refractivity contribution in [2.45, 2.75) is 43.9 Å². The van der Waals surface area contributed by atoms with E-state index in [9.17, 15) is 4.79 Å². The first kappa shape index (κ1) is 15.5. The Hall–Kier alpha value is -2.73. The lowest BCUT2D eigenvalue weighted by Gasteiger charge is -2.28. The predicted octanol–water partition coefficient (Wildman–Crippen LogP) is 2.82. The van der Waals surface area contributed by atoms with Gasteiger partial charge < -0.3 is 14.6 Å². The van der Waals surface area contributed by atoms with E-state index in [2.05, 4.69) is 26.3 Å². The first-order valence-electron chi connectivity index (χ1n) is 9.08. The van der Waals surface area contributed by atoms with Crippen LogP contribution in [0.5, 0.6) is 0 Å². The van der Waals surface area contributed by atoms with E-state index < -0.39 is 0 Å². The number of hydrogen-bond donors (Lipinski definition) is 1. The largest absolute Gasteiger partial charge is 0.439 e. The Labute approximate surface area is 151 Å². The molecule has 26 heavy (non-hydrogen) atoms. The highest BCUT2D eigenvalue weighted by atomic mass is 16.3. The smallest absolute Gasteiger partial charge is 0.225 e.